The zero-order valence-corrected chi connectivity index (χ0v) is 12.3. The number of nitrogens with zero attached hydrogens (tertiary/aromatic N) is 1. The summed E-state index contributed by atoms with van der Waals surface area (Å²) in [5.74, 6) is 1.09. The van der Waals surface area contributed by atoms with Crippen LogP contribution in [-0.4, -0.2) is 4.98 Å². The molecule has 0 saturated carbocycles. The van der Waals surface area contributed by atoms with Gasteiger partial charge in [0.1, 0.15) is 6.61 Å². The zero-order chi connectivity index (χ0) is 13.0. The zero-order valence-electron chi connectivity index (χ0n) is 9.99. The van der Waals surface area contributed by atoms with Crippen LogP contribution in [0.5, 0.6) is 5.88 Å². The van der Waals surface area contributed by atoms with E-state index < -0.39 is 0 Å². The lowest BCUT2D eigenvalue weighted by Gasteiger charge is -2.07. The summed E-state index contributed by atoms with van der Waals surface area (Å²) in [6.07, 6.45) is 0. The van der Waals surface area contributed by atoms with Gasteiger partial charge in [0.15, 0.2) is 0 Å². The molecular formula is C14H13BrClNO. The van der Waals surface area contributed by atoms with Gasteiger partial charge in [0.25, 0.3) is 0 Å². The van der Waals surface area contributed by atoms with Gasteiger partial charge in [0.05, 0.1) is 0 Å². The monoisotopic (exact) mass is 325 g/mol. The van der Waals surface area contributed by atoms with Gasteiger partial charge in [-0.2, -0.15) is 0 Å². The predicted octanol–water partition coefficient (Wildman–Crippen LogP) is 4.47. The minimum absolute atomic E-state index is 0.470. The lowest BCUT2D eigenvalue weighted by Crippen LogP contribution is -1.99. The van der Waals surface area contributed by atoms with E-state index in [4.69, 9.17) is 16.3 Å². The molecule has 0 radical (unpaired) electrons. The van der Waals surface area contributed by atoms with Crippen molar-refractivity contribution in [3.63, 3.8) is 0 Å². The van der Waals surface area contributed by atoms with Gasteiger partial charge >= 0.3 is 0 Å². The van der Waals surface area contributed by atoms with Crippen LogP contribution < -0.4 is 4.74 Å². The predicted molar refractivity (Wildman–Crippen MR) is 77.0 cm³/mol. The van der Waals surface area contributed by atoms with E-state index in [1.165, 1.54) is 0 Å². The summed E-state index contributed by atoms with van der Waals surface area (Å²) >= 11 is 9.22. The SMILES string of the molecule is Cc1cc(CCl)cc(OCc2ccc(Br)cc2)n1. The smallest absolute Gasteiger partial charge is 0.214 e. The number of hydrogen-bond donors (Lipinski definition) is 0. The fraction of sp³-hybridized carbons (Fsp3) is 0.214. The highest BCUT2D eigenvalue weighted by Crippen LogP contribution is 2.16. The highest BCUT2D eigenvalue weighted by atomic mass is 79.9. The normalized spacial score (nSPS) is 10.4. The number of aryl methyl sites for hydroxylation is 1. The Morgan fingerprint density at radius 3 is 2.56 bits per heavy atom. The summed E-state index contributed by atoms with van der Waals surface area (Å²) in [7, 11) is 0. The molecule has 1 aromatic heterocycles. The fourth-order valence-electron chi connectivity index (χ4n) is 1.60. The third-order valence-corrected chi connectivity index (χ3v) is 3.28. The van der Waals surface area contributed by atoms with E-state index in [-0.39, 0.29) is 0 Å². The standard InChI is InChI=1S/C14H13BrClNO/c1-10-6-12(8-16)7-14(17-10)18-9-11-2-4-13(15)5-3-11/h2-7H,8-9H2,1H3. The molecule has 0 aliphatic carbocycles. The molecule has 2 rings (SSSR count). The molecule has 0 aliphatic heterocycles. The van der Waals surface area contributed by atoms with Crippen LogP contribution in [0.3, 0.4) is 0 Å². The Morgan fingerprint density at radius 1 is 1.17 bits per heavy atom. The van der Waals surface area contributed by atoms with Crippen molar-refractivity contribution in [2.75, 3.05) is 0 Å². The number of hydrogen-bond acceptors (Lipinski definition) is 2. The lowest BCUT2D eigenvalue weighted by atomic mass is 10.2. The fourth-order valence-corrected chi connectivity index (χ4v) is 2.01. The van der Waals surface area contributed by atoms with Crippen LogP contribution >= 0.6 is 27.5 Å². The number of ether oxygens (including phenoxy) is 1. The lowest BCUT2D eigenvalue weighted by molar-refractivity contribution is 0.293. The molecule has 1 heterocycles. The molecule has 2 nitrogen and oxygen atoms in total. The summed E-state index contributed by atoms with van der Waals surface area (Å²) < 4.78 is 6.73. The maximum absolute atomic E-state index is 5.82. The van der Waals surface area contributed by atoms with Crippen LogP contribution in [0.1, 0.15) is 16.8 Å². The minimum atomic E-state index is 0.470. The van der Waals surface area contributed by atoms with Gasteiger partial charge < -0.3 is 4.74 Å². The van der Waals surface area contributed by atoms with Crippen LogP contribution in [0.15, 0.2) is 40.9 Å². The van der Waals surface area contributed by atoms with E-state index in [9.17, 15) is 0 Å². The minimum Gasteiger partial charge on any atom is -0.473 e. The van der Waals surface area contributed by atoms with E-state index in [0.717, 1.165) is 21.3 Å². The number of alkyl halides is 1. The van der Waals surface area contributed by atoms with Crippen LogP contribution in [0.2, 0.25) is 0 Å². The van der Waals surface area contributed by atoms with Gasteiger partial charge in [0, 0.05) is 22.1 Å². The first-order valence-corrected chi connectivity index (χ1v) is 6.91. The first-order valence-electron chi connectivity index (χ1n) is 5.58. The maximum Gasteiger partial charge on any atom is 0.214 e. The van der Waals surface area contributed by atoms with Crippen molar-refractivity contribution < 1.29 is 4.74 Å². The molecule has 0 atom stereocenters. The first kappa shape index (κ1) is 13.4. The van der Waals surface area contributed by atoms with Crippen molar-refractivity contribution in [2.45, 2.75) is 19.4 Å². The molecule has 0 fully saturated rings. The van der Waals surface area contributed by atoms with Gasteiger partial charge in [-0.15, -0.1) is 11.6 Å². The molecular weight excluding hydrogens is 314 g/mol. The van der Waals surface area contributed by atoms with E-state index in [0.29, 0.717) is 18.4 Å². The Hall–Kier alpha value is -1.06. The Kier molecular flexibility index (Phi) is 4.61. The Balaban J connectivity index is 2.05. The summed E-state index contributed by atoms with van der Waals surface area (Å²) in [4.78, 5) is 4.32. The third-order valence-electron chi connectivity index (χ3n) is 2.44. The second kappa shape index (κ2) is 6.21. The quantitative estimate of drug-likeness (QED) is 0.773. The van der Waals surface area contributed by atoms with Crippen LogP contribution in [-0.2, 0) is 12.5 Å². The summed E-state index contributed by atoms with van der Waals surface area (Å²) in [6, 6.07) is 11.8. The van der Waals surface area contributed by atoms with Crippen molar-refractivity contribution in [1.29, 1.82) is 0 Å². The third kappa shape index (κ3) is 3.72. The average molecular weight is 327 g/mol. The number of aromatic nitrogens is 1. The molecule has 0 N–H and O–H groups in total. The molecule has 0 unspecified atom stereocenters. The van der Waals surface area contributed by atoms with Crippen LogP contribution in [0.25, 0.3) is 0 Å². The molecule has 0 bridgehead atoms. The van der Waals surface area contributed by atoms with Crippen molar-refractivity contribution >= 4 is 27.5 Å². The van der Waals surface area contributed by atoms with Gasteiger partial charge in [-0.1, -0.05) is 28.1 Å². The van der Waals surface area contributed by atoms with Crippen molar-refractivity contribution in [3.8, 4) is 5.88 Å². The van der Waals surface area contributed by atoms with E-state index in [2.05, 4.69) is 20.9 Å². The Morgan fingerprint density at radius 2 is 1.89 bits per heavy atom. The molecule has 0 saturated heterocycles. The largest absolute Gasteiger partial charge is 0.473 e. The van der Waals surface area contributed by atoms with Crippen LogP contribution in [0.4, 0.5) is 0 Å². The number of rotatable bonds is 4. The molecule has 0 spiro atoms. The summed E-state index contributed by atoms with van der Waals surface area (Å²) in [6.45, 7) is 2.44. The van der Waals surface area contributed by atoms with Gasteiger partial charge in [-0.25, -0.2) is 4.98 Å². The number of pyridine rings is 1. The van der Waals surface area contributed by atoms with E-state index >= 15 is 0 Å². The Labute approximate surface area is 120 Å². The molecule has 18 heavy (non-hydrogen) atoms. The number of halogens is 2. The number of benzene rings is 1. The highest BCUT2D eigenvalue weighted by Gasteiger charge is 2.01. The van der Waals surface area contributed by atoms with Gasteiger partial charge in [-0.3, -0.25) is 0 Å². The summed E-state index contributed by atoms with van der Waals surface area (Å²) in [5, 5.41) is 0. The topological polar surface area (TPSA) is 22.1 Å². The second-order valence-corrected chi connectivity index (χ2v) is 5.19. The molecule has 94 valence electrons. The molecule has 4 heteroatoms. The maximum atomic E-state index is 5.82. The Bertz CT molecular complexity index is 528. The average Bonchev–Trinajstić information content (AvgIpc) is 2.37. The van der Waals surface area contributed by atoms with Crippen molar-refractivity contribution in [2.24, 2.45) is 0 Å². The molecule has 2 aromatic rings. The summed E-state index contributed by atoms with van der Waals surface area (Å²) in [5.41, 5.74) is 3.04. The van der Waals surface area contributed by atoms with Gasteiger partial charge in [-0.05, 0) is 36.2 Å². The molecule has 0 aliphatic rings. The van der Waals surface area contributed by atoms with Crippen molar-refractivity contribution in [3.05, 3.63) is 57.7 Å². The van der Waals surface area contributed by atoms with Gasteiger partial charge in [0.2, 0.25) is 5.88 Å². The van der Waals surface area contributed by atoms with E-state index in [1.807, 2.05) is 43.3 Å². The highest BCUT2D eigenvalue weighted by molar-refractivity contribution is 9.10. The van der Waals surface area contributed by atoms with Crippen molar-refractivity contribution in [1.82, 2.24) is 4.98 Å². The molecule has 0 amide bonds. The van der Waals surface area contributed by atoms with E-state index in [1.54, 1.807) is 0 Å². The van der Waals surface area contributed by atoms with Crippen LogP contribution in [0, 0.1) is 6.92 Å². The first-order chi connectivity index (χ1) is 8.67. The second-order valence-electron chi connectivity index (χ2n) is 4.00. The molecule has 1 aromatic carbocycles.